The molecule has 178 valence electrons. The Labute approximate surface area is 201 Å². The molecule has 5 rings (SSSR count). The highest BCUT2D eigenvalue weighted by atomic mass is 16.5. The van der Waals surface area contributed by atoms with E-state index in [1.54, 1.807) is 0 Å². The maximum absolute atomic E-state index is 12.9. The number of hydrogen-bond donors (Lipinski definition) is 1. The van der Waals surface area contributed by atoms with Gasteiger partial charge in [-0.1, -0.05) is 47.6 Å². The first-order chi connectivity index (χ1) is 16.7. The first-order valence-corrected chi connectivity index (χ1v) is 12.4. The molecule has 2 saturated heterocycles. The standard InChI is InChI=1S/C27H33N5O2/c1-20(21-9-11-24(12-10-21)32-15-5-6-16-32)28-27(33)23-13-17-31(18-14-23)19-25-29-26(30-34-25)22-7-3-2-4-8-22/h2-4,7-12,20,23H,5-6,13-19H2,1H3,(H,28,33). The second kappa shape index (κ2) is 10.4. The summed E-state index contributed by atoms with van der Waals surface area (Å²) >= 11 is 0. The SMILES string of the molecule is CC(NC(=O)C1CCN(Cc2nc(-c3ccccc3)no2)CC1)c1ccc(N2CCCC2)cc1. The molecule has 0 aliphatic carbocycles. The number of benzene rings is 2. The van der Waals surface area contributed by atoms with Crippen LogP contribution in [-0.2, 0) is 11.3 Å². The van der Waals surface area contributed by atoms with Crippen LogP contribution in [0.2, 0.25) is 0 Å². The van der Waals surface area contributed by atoms with Crippen LogP contribution in [0.1, 0.15) is 50.1 Å². The molecule has 3 heterocycles. The monoisotopic (exact) mass is 459 g/mol. The molecule has 7 heteroatoms. The van der Waals surface area contributed by atoms with Gasteiger partial charge in [-0.15, -0.1) is 0 Å². The smallest absolute Gasteiger partial charge is 0.241 e. The van der Waals surface area contributed by atoms with Crippen LogP contribution < -0.4 is 10.2 Å². The van der Waals surface area contributed by atoms with E-state index in [0.717, 1.165) is 50.1 Å². The number of likely N-dealkylation sites (tertiary alicyclic amines) is 1. The third kappa shape index (κ3) is 5.30. The lowest BCUT2D eigenvalue weighted by molar-refractivity contribution is -0.127. The minimum absolute atomic E-state index is 0.00737. The number of carbonyl (C=O) groups is 1. The number of anilines is 1. The van der Waals surface area contributed by atoms with Gasteiger partial charge < -0.3 is 14.7 Å². The van der Waals surface area contributed by atoms with Gasteiger partial charge in [0.05, 0.1) is 12.6 Å². The zero-order valence-electron chi connectivity index (χ0n) is 19.8. The summed E-state index contributed by atoms with van der Waals surface area (Å²) < 4.78 is 5.45. The van der Waals surface area contributed by atoms with Crippen molar-refractivity contribution in [2.24, 2.45) is 5.92 Å². The van der Waals surface area contributed by atoms with Gasteiger partial charge in [0.2, 0.25) is 17.6 Å². The van der Waals surface area contributed by atoms with Gasteiger partial charge in [-0.3, -0.25) is 9.69 Å². The number of amides is 1. The van der Waals surface area contributed by atoms with Crippen LogP contribution in [-0.4, -0.2) is 47.1 Å². The van der Waals surface area contributed by atoms with Crippen LogP contribution in [0.3, 0.4) is 0 Å². The summed E-state index contributed by atoms with van der Waals surface area (Å²) in [7, 11) is 0. The number of piperidine rings is 1. The molecular weight excluding hydrogens is 426 g/mol. The van der Waals surface area contributed by atoms with Crippen molar-refractivity contribution in [2.75, 3.05) is 31.1 Å². The van der Waals surface area contributed by atoms with Crippen molar-refractivity contribution in [3.8, 4) is 11.4 Å². The van der Waals surface area contributed by atoms with E-state index in [0.29, 0.717) is 18.3 Å². The van der Waals surface area contributed by atoms with Crippen molar-refractivity contribution in [3.63, 3.8) is 0 Å². The van der Waals surface area contributed by atoms with Crippen molar-refractivity contribution < 1.29 is 9.32 Å². The molecule has 1 unspecified atom stereocenters. The van der Waals surface area contributed by atoms with Crippen molar-refractivity contribution in [3.05, 3.63) is 66.1 Å². The predicted molar refractivity (Wildman–Crippen MR) is 132 cm³/mol. The number of rotatable bonds is 7. The maximum atomic E-state index is 12.9. The van der Waals surface area contributed by atoms with Crippen LogP contribution in [0, 0.1) is 5.92 Å². The summed E-state index contributed by atoms with van der Waals surface area (Å²) in [4.78, 5) is 22.1. The first-order valence-electron chi connectivity index (χ1n) is 12.4. The number of nitrogens with one attached hydrogen (secondary N) is 1. The molecule has 2 aliphatic heterocycles. The maximum Gasteiger partial charge on any atom is 0.241 e. The molecular formula is C27H33N5O2. The number of carbonyl (C=O) groups excluding carboxylic acids is 1. The molecule has 34 heavy (non-hydrogen) atoms. The van der Waals surface area contributed by atoms with E-state index in [1.807, 2.05) is 30.3 Å². The molecule has 2 aromatic carbocycles. The van der Waals surface area contributed by atoms with E-state index in [9.17, 15) is 4.79 Å². The van der Waals surface area contributed by atoms with E-state index in [4.69, 9.17) is 4.52 Å². The molecule has 1 N–H and O–H groups in total. The molecule has 0 radical (unpaired) electrons. The topological polar surface area (TPSA) is 74.5 Å². The van der Waals surface area contributed by atoms with Gasteiger partial charge in [0, 0.05) is 30.3 Å². The summed E-state index contributed by atoms with van der Waals surface area (Å²) in [6, 6.07) is 18.5. The lowest BCUT2D eigenvalue weighted by Gasteiger charge is -2.31. The van der Waals surface area contributed by atoms with E-state index in [2.05, 4.69) is 56.4 Å². The van der Waals surface area contributed by atoms with Gasteiger partial charge >= 0.3 is 0 Å². The van der Waals surface area contributed by atoms with Crippen LogP contribution >= 0.6 is 0 Å². The summed E-state index contributed by atoms with van der Waals surface area (Å²) in [5, 5.41) is 7.33. The molecule has 7 nitrogen and oxygen atoms in total. The fourth-order valence-electron chi connectivity index (χ4n) is 4.93. The third-order valence-corrected chi connectivity index (χ3v) is 7.04. The van der Waals surface area contributed by atoms with Crippen molar-refractivity contribution in [2.45, 2.75) is 45.2 Å². The van der Waals surface area contributed by atoms with Crippen LogP contribution in [0.5, 0.6) is 0 Å². The highest BCUT2D eigenvalue weighted by Crippen LogP contribution is 2.24. The summed E-state index contributed by atoms with van der Waals surface area (Å²) in [6.45, 7) is 6.67. The molecule has 0 spiro atoms. The normalized spacial score (nSPS) is 18.2. The zero-order chi connectivity index (χ0) is 23.3. The van der Waals surface area contributed by atoms with Gasteiger partial charge in [0.25, 0.3) is 0 Å². The molecule has 1 aromatic heterocycles. The minimum Gasteiger partial charge on any atom is -0.372 e. The number of hydrogen-bond acceptors (Lipinski definition) is 6. The Morgan fingerprint density at radius 3 is 2.44 bits per heavy atom. The van der Waals surface area contributed by atoms with Gasteiger partial charge in [-0.25, -0.2) is 0 Å². The van der Waals surface area contributed by atoms with Gasteiger partial charge in [0.15, 0.2) is 0 Å². The van der Waals surface area contributed by atoms with Crippen LogP contribution in [0.15, 0.2) is 59.1 Å². The fourth-order valence-corrected chi connectivity index (χ4v) is 4.93. The molecule has 2 aliphatic rings. The highest BCUT2D eigenvalue weighted by molar-refractivity contribution is 5.79. The summed E-state index contributed by atoms with van der Waals surface area (Å²) in [6.07, 6.45) is 4.23. The molecule has 2 fully saturated rings. The fraction of sp³-hybridized carbons (Fsp3) is 0.444. The Morgan fingerprint density at radius 2 is 1.74 bits per heavy atom. The Bertz CT molecular complexity index is 1070. The van der Waals surface area contributed by atoms with Crippen molar-refractivity contribution >= 4 is 11.6 Å². The van der Waals surface area contributed by atoms with Crippen LogP contribution in [0.25, 0.3) is 11.4 Å². The minimum atomic E-state index is 0.00737. The zero-order valence-corrected chi connectivity index (χ0v) is 19.8. The summed E-state index contributed by atoms with van der Waals surface area (Å²) in [5.41, 5.74) is 3.39. The van der Waals surface area contributed by atoms with Crippen molar-refractivity contribution in [1.29, 1.82) is 0 Å². The Hall–Kier alpha value is -3.19. The van der Waals surface area contributed by atoms with E-state index < -0.39 is 0 Å². The molecule has 3 aromatic rings. The Kier molecular flexibility index (Phi) is 6.90. The first kappa shape index (κ1) is 22.6. The third-order valence-electron chi connectivity index (χ3n) is 7.04. The average Bonchev–Trinajstić information content (AvgIpc) is 3.58. The van der Waals surface area contributed by atoms with Gasteiger partial charge in [0.1, 0.15) is 0 Å². The van der Waals surface area contributed by atoms with Gasteiger partial charge in [-0.05, 0) is 63.4 Å². The predicted octanol–water partition coefficient (Wildman–Crippen LogP) is 4.43. The lowest BCUT2D eigenvalue weighted by atomic mass is 9.95. The lowest BCUT2D eigenvalue weighted by Crippen LogP contribution is -2.40. The van der Waals surface area contributed by atoms with Crippen molar-refractivity contribution in [1.82, 2.24) is 20.4 Å². The average molecular weight is 460 g/mol. The number of nitrogens with zero attached hydrogens (tertiary/aromatic N) is 4. The molecule has 1 atom stereocenters. The van der Waals surface area contributed by atoms with E-state index in [-0.39, 0.29) is 17.9 Å². The number of aromatic nitrogens is 2. The second-order valence-corrected chi connectivity index (χ2v) is 9.44. The highest BCUT2D eigenvalue weighted by Gasteiger charge is 2.27. The van der Waals surface area contributed by atoms with E-state index >= 15 is 0 Å². The molecule has 1 amide bonds. The molecule has 0 bridgehead atoms. The van der Waals surface area contributed by atoms with E-state index in [1.165, 1.54) is 18.5 Å². The summed E-state index contributed by atoms with van der Waals surface area (Å²) in [5.74, 6) is 1.44. The largest absolute Gasteiger partial charge is 0.372 e. The van der Waals surface area contributed by atoms with Crippen LogP contribution in [0.4, 0.5) is 5.69 Å². The quantitative estimate of drug-likeness (QED) is 0.564. The second-order valence-electron chi connectivity index (χ2n) is 9.44. The Balaban J connectivity index is 1.09. The van der Waals surface area contributed by atoms with Gasteiger partial charge in [-0.2, -0.15) is 4.98 Å². The Morgan fingerprint density at radius 1 is 1.03 bits per heavy atom. The molecule has 0 saturated carbocycles.